The van der Waals surface area contributed by atoms with Gasteiger partial charge in [-0.25, -0.2) is 0 Å². The number of nitrogens with zero attached hydrogens (tertiary/aromatic N) is 2. The van der Waals surface area contributed by atoms with Gasteiger partial charge in [0, 0.05) is 6.42 Å². The van der Waals surface area contributed by atoms with Crippen LogP contribution in [0, 0.1) is 13.8 Å². The molecule has 3 aromatic rings. The SMILES string of the molecule is COc1cccc(OC)c1[C@H]1CC(c2ccc(C)cc2)=NN1S(=O)(=O)c1ccccc1C. The second-order valence-corrected chi connectivity index (χ2v) is 9.52. The molecule has 0 amide bonds. The second kappa shape index (κ2) is 8.67. The van der Waals surface area contributed by atoms with Crippen LogP contribution >= 0.6 is 0 Å². The molecule has 3 aromatic carbocycles. The zero-order valence-electron chi connectivity index (χ0n) is 18.6. The molecule has 6 nitrogen and oxygen atoms in total. The number of aryl methyl sites for hydroxylation is 2. The van der Waals surface area contributed by atoms with E-state index < -0.39 is 16.1 Å². The number of hydrogen-bond acceptors (Lipinski definition) is 5. The van der Waals surface area contributed by atoms with Crippen LogP contribution in [0.5, 0.6) is 11.5 Å². The molecule has 1 aliphatic heterocycles. The summed E-state index contributed by atoms with van der Waals surface area (Å²) in [6.45, 7) is 3.80. The highest BCUT2D eigenvalue weighted by Gasteiger charge is 2.41. The molecule has 1 aliphatic rings. The molecule has 0 spiro atoms. The predicted molar refractivity (Wildman–Crippen MR) is 125 cm³/mol. The van der Waals surface area contributed by atoms with Crippen LogP contribution in [0.3, 0.4) is 0 Å². The monoisotopic (exact) mass is 450 g/mol. The highest BCUT2D eigenvalue weighted by atomic mass is 32.2. The molecule has 1 heterocycles. The first-order valence-corrected chi connectivity index (χ1v) is 11.8. The van der Waals surface area contributed by atoms with Crippen molar-refractivity contribution < 1.29 is 17.9 Å². The smallest absolute Gasteiger partial charge is 0.279 e. The highest BCUT2D eigenvalue weighted by Crippen LogP contribution is 2.45. The Hall–Kier alpha value is -3.32. The summed E-state index contributed by atoms with van der Waals surface area (Å²) in [7, 11) is -0.802. The van der Waals surface area contributed by atoms with Crippen molar-refractivity contribution in [2.45, 2.75) is 31.2 Å². The first kappa shape index (κ1) is 21.9. The van der Waals surface area contributed by atoms with Crippen LogP contribution < -0.4 is 9.47 Å². The number of benzene rings is 3. The zero-order chi connectivity index (χ0) is 22.9. The number of hydrogen-bond donors (Lipinski definition) is 0. The Morgan fingerprint density at radius 1 is 0.875 bits per heavy atom. The highest BCUT2D eigenvalue weighted by molar-refractivity contribution is 7.89. The lowest BCUT2D eigenvalue weighted by Gasteiger charge is -2.26. The maximum atomic E-state index is 13.8. The van der Waals surface area contributed by atoms with Gasteiger partial charge < -0.3 is 9.47 Å². The normalized spacial score (nSPS) is 16.1. The van der Waals surface area contributed by atoms with E-state index in [2.05, 4.69) is 5.10 Å². The Morgan fingerprint density at radius 2 is 1.50 bits per heavy atom. The van der Waals surface area contributed by atoms with E-state index in [-0.39, 0.29) is 4.90 Å². The number of ether oxygens (including phenoxy) is 2. The van der Waals surface area contributed by atoms with Gasteiger partial charge in [-0.2, -0.15) is 17.9 Å². The van der Waals surface area contributed by atoms with Gasteiger partial charge in [0.2, 0.25) is 0 Å². The third-order valence-corrected chi connectivity index (χ3v) is 7.52. The third kappa shape index (κ3) is 3.84. The van der Waals surface area contributed by atoms with Crippen LogP contribution in [-0.4, -0.2) is 32.8 Å². The Bertz CT molecular complexity index is 1250. The number of sulfonamides is 1. The summed E-state index contributed by atoms with van der Waals surface area (Å²) in [5, 5.41) is 4.64. The van der Waals surface area contributed by atoms with Gasteiger partial charge in [0.05, 0.1) is 30.4 Å². The van der Waals surface area contributed by atoms with E-state index >= 15 is 0 Å². The average molecular weight is 451 g/mol. The Labute approximate surface area is 189 Å². The summed E-state index contributed by atoms with van der Waals surface area (Å²) in [6.07, 6.45) is 0.394. The van der Waals surface area contributed by atoms with Crippen LogP contribution in [0.25, 0.3) is 0 Å². The summed E-state index contributed by atoms with van der Waals surface area (Å²) in [6, 6.07) is 19.7. The van der Waals surface area contributed by atoms with Gasteiger partial charge >= 0.3 is 0 Å². The quantitative estimate of drug-likeness (QED) is 0.538. The molecule has 0 aromatic heterocycles. The zero-order valence-corrected chi connectivity index (χ0v) is 19.4. The fourth-order valence-electron chi connectivity index (χ4n) is 4.00. The minimum absolute atomic E-state index is 0.229. The van der Waals surface area contributed by atoms with Crippen LogP contribution in [0.15, 0.2) is 76.7 Å². The van der Waals surface area contributed by atoms with Crippen molar-refractivity contribution in [1.82, 2.24) is 4.41 Å². The van der Waals surface area contributed by atoms with Gasteiger partial charge in [0.15, 0.2) is 0 Å². The molecule has 0 aliphatic carbocycles. The van der Waals surface area contributed by atoms with Crippen molar-refractivity contribution >= 4 is 15.7 Å². The molecule has 166 valence electrons. The maximum Gasteiger partial charge on any atom is 0.279 e. The lowest BCUT2D eigenvalue weighted by Crippen LogP contribution is -2.28. The lowest BCUT2D eigenvalue weighted by atomic mass is 9.97. The second-order valence-electron chi connectivity index (χ2n) is 7.75. The van der Waals surface area contributed by atoms with Crippen molar-refractivity contribution in [2.75, 3.05) is 14.2 Å². The van der Waals surface area contributed by atoms with E-state index in [1.807, 2.05) is 43.3 Å². The minimum Gasteiger partial charge on any atom is -0.496 e. The largest absolute Gasteiger partial charge is 0.496 e. The fraction of sp³-hybridized carbons (Fsp3) is 0.240. The molecule has 0 radical (unpaired) electrons. The molecule has 0 saturated heterocycles. The van der Waals surface area contributed by atoms with E-state index in [1.54, 1.807) is 51.5 Å². The Balaban J connectivity index is 1.90. The molecule has 4 rings (SSSR count). The van der Waals surface area contributed by atoms with Crippen molar-refractivity contribution in [3.05, 3.63) is 89.0 Å². The molecule has 0 saturated carbocycles. The Morgan fingerprint density at radius 3 is 2.09 bits per heavy atom. The fourth-order valence-corrected chi connectivity index (χ4v) is 5.65. The summed E-state index contributed by atoms with van der Waals surface area (Å²) in [5.41, 5.74) is 4.02. The predicted octanol–water partition coefficient (Wildman–Crippen LogP) is 4.86. The van der Waals surface area contributed by atoms with Gasteiger partial charge in [0.25, 0.3) is 10.0 Å². The molecule has 0 bridgehead atoms. The van der Waals surface area contributed by atoms with Crippen molar-refractivity contribution in [3.63, 3.8) is 0 Å². The molecular formula is C25H26N2O4S. The average Bonchev–Trinajstić information content (AvgIpc) is 3.25. The van der Waals surface area contributed by atoms with Crippen LogP contribution in [-0.2, 0) is 10.0 Å². The van der Waals surface area contributed by atoms with Gasteiger partial charge in [-0.15, -0.1) is 0 Å². The van der Waals surface area contributed by atoms with Gasteiger partial charge in [-0.3, -0.25) is 0 Å². The van der Waals surface area contributed by atoms with E-state index in [0.717, 1.165) is 11.1 Å². The standard InChI is InChI=1S/C25H26N2O4S/c1-17-12-14-19(15-13-17)20-16-21(25-22(30-3)9-7-10-23(25)31-4)27(26-20)32(28,29)24-11-6-5-8-18(24)2/h5-15,21H,16H2,1-4H3/t21-/m1/s1. The molecule has 0 N–H and O–H groups in total. The van der Waals surface area contributed by atoms with Crippen LogP contribution in [0.4, 0.5) is 0 Å². The molecule has 0 unspecified atom stereocenters. The van der Waals surface area contributed by atoms with E-state index in [9.17, 15) is 8.42 Å². The molecular weight excluding hydrogens is 424 g/mol. The van der Waals surface area contributed by atoms with Crippen LogP contribution in [0.2, 0.25) is 0 Å². The van der Waals surface area contributed by atoms with E-state index in [4.69, 9.17) is 9.47 Å². The minimum atomic E-state index is -3.93. The summed E-state index contributed by atoms with van der Waals surface area (Å²) in [5.74, 6) is 1.11. The molecule has 7 heteroatoms. The van der Waals surface area contributed by atoms with Gasteiger partial charge in [-0.1, -0.05) is 54.1 Å². The van der Waals surface area contributed by atoms with Gasteiger partial charge in [-0.05, 0) is 43.2 Å². The molecule has 1 atom stereocenters. The third-order valence-electron chi connectivity index (χ3n) is 5.67. The summed E-state index contributed by atoms with van der Waals surface area (Å²) < 4.78 is 40.0. The first-order chi connectivity index (χ1) is 15.4. The molecule has 0 fully saturated rings. The number of rotatable bonds is 6. The first-order valence-electron chi connectivity index (χ1n) is 10.3. The number of hydrazone groups is 1. The Kier molecular flexibility index (Phi) is 5.93. The topological polar surface area (TPSA) is 68.2 Å². The van der Waals surface area contributed by atoms with Crippen molar-refractivity contribution in [3.8, 4) is 11.5 Å². The van der Waals surface area contributed by atoms with Crippen LogP contribution in [0.1, 0.15) is 34.7 Å². The summed E-state index contributed by atoms with van der Waals surface area (Å²) >= 11 is 0. The van der Waals surface area contributed by atoms with E-state index in [1.165, 1.54) is 4.41 Å². The lowest BCUT2D eigenvalue weighted by molar-refractivity contribution is 0.330. The summed E-state index contributed by atoms with van der Waals surface area (Å²) in [4.78, 5) is 0.229. The van der Waals surface area contributed by atoms with E-state index in [0.29, 0.717) is 34.8 Å². The van der Waals surface area contributed by atoms with Gasteiger partial charge in [0.1, 0.15) is 17.5 Å². The number of methoxy groups -OCH3 is 2. The van der Waals surface area contributed by atoms with Crippen molar-refractivity contribution in [1.29, 1.82) is 0 Å². The van der Waals surface area contributed by atoms with Crippen molar-refractivity contribution in [2.24, 2.45) is 5.10 Å². The molecule has 32 heavy (non-hydrogen) atoms. The maximum absolute atomic E-state index is 13.8.